The third kappa shape index (κ3) is 3.61. The van der Waals surface area contributed by atoms with Gasteiger partial charge in [-0.15, -0.1) is 0 Å². The van der Waals surface area contributed by atoms with Crippen LogP contribution in [0.5, 0.6) is 23.0 Å². The van der Waals surface area contributed by atoms with Crippen LogP contribution in [0, 0.1) is 0 Å². The van der Waals surface area contributed by atoms with Gasteiger partial charge < -0.3 is 29.2 Å². The number of nitrogens with zero attached hydrogens (tertiary/aromatic N) is 1. The van der Waals surface area contributed by atoms with Gasteiger partial charge in [-0.05, 0) is 48.4 Å². The van der Waals surface area contributed by atoms with Crippen LogP contribution in [0.2, 0.25) is 0 Å². The smallest absolute Gasteiger partial charge is 0.475 e. The Kier molecular flexibility index (Phi) is 5.05. The number of rotatable bonds is 0. The molecular formula is C22H20F3NO7. The monoisotopic (exact) mass is 467 g/mol. The Balaban J connectivity index is 0.000000287. The summed E-state index contributed by atoms with van der Waals surface area (Å²) >= 11 is 0. The second-order valence-electron chi connectivity index (χ2n) is 8.23. The summed E-state index contributed by atoms with van der Waals surface area (Å²) in [6.45, 7) is 1.28. The second kappa shape index (κ2) is 7.70. The topological polar surface area (TPSA) is 97.7 Å². The third-order valence-electron chi connectivity index (χ3n) is 6.30. The van der Waals surface area contributed by atoms with E-state index in [4.69, 9.17) is 28.8 Å². The maximum atomic E-state index is 11.0. The molecule has 0 saturated carbocycles. The van der Waals surface area contributed by atoms with Crippen LogP contribution in [0.15, 0.2) is 24.3 Å². The molecule has 0 spiro atoms. The molecule has 6 rings (SSSR count). The average molecular weight is 467 g/mol. The van der Waals surface area contributed by atoms with Crippen LogP contribution < -0.4 is 18.9 Å². The summed E-state index contributed by atoms with van der Waals surface area (Å²) < 4.78 is 54.1. The minimum Gasteiger partial charge on any atom is -0.475 e. The van der Waals surface area contributed by atoms with Gasteiger partial charge in [-0.2, -0.15) is 13.2 Å². The number of ether oxygens (including phenoxy) is 4. The van der Waals surface area contributed by atoms with Gasteiger partial charge in [0.25, 0.3) is 0 Å². The molecule has 8 nitrogen and oxygen atoms in total. The van der Waals surface area contributed by atoms with E-state index in [1.807, 2.05) is 12.1 Å². The number of halogens is 3. The molecule has 3 heterocycles. The molecule has 0 bridgehead atoms. The van der Waals surface area contributed by atoms with E-state index in [0.717, 1.165) is 46.2 Å². The first-order valence-corrected chi connectivity index (χ1v) is 10.2. The Morgan fingerprint density at radius 3 is 2.36 bits per heavy atom. The van der Waals surface area contributed by atoms with E-state index in [1.54, 1.807) is 0 Å². The standard InChI is InChI=1S/C20H19NO5.C2HF3O2/c1-21-7-13-11(2-3-15-20(13)26-9-23-15)18-14(22)4-10-5-16-17(25-8-24-16)6-12(10)19(18)21;3-2(4,5)1(6)7/h2-3,5-6,14,18-19,22H,4,7-9H2,1H3;(H,6,7)/t14-,18-,19+;/m0./s1. The summed E-state index contributed by atoms with van der Waals surface area (Å²) in [7, 11) is 2.10. The molecule has 4 aliphatic rings. The Bertz CT molecular complexity index is 1120. The Morgan fingerprint density at radius 2 is 1.67 bits per heavy atom. The normalized spacial score (nSPS) is 24.2. The predicted octanol–water partition coefficient (Wildman–Crippen LogP) is 2.96. The van der Waals surface area contributed by atoms with E-state index in [-0.39, 0.29) is 25.5 Å². The zero-order valence-electron chi connectivity index (χ0n) is 17.4. The third-order valence-corrected chi connectivity index (χ3v) is 6.30. The van der Waals surface area contributed by atoms with Gasteiger partial charge in [0.15, 0.2) is 23.0 Å². The summed E-state index contributed by atoms with van der Waals surface area (Å²) in [5.41, 5.74) is 4.65. The first kappa shape index (κ1) is 21.7. The summed E-state index contributed by atoms with van der Waals surface area (Å²) in [6.07, 6.45) is -4.94. The van der Waals surface area contributed by atoms with Crippen LogP contribution in [0.4, 0.5) is 13.2 Å². The van der Waals surface area contributed by atoms with Gasteiger partial charge in [0.1, 0.15) is 0 Å². The number of benzene rings is 2. The number of aliphatic hydroxyl groups excluding tert-OH is 1. The van der Waals surface area contributed by atoms with Crippen LogP contribution in [-0.2, 0) is 17.8 Å². The summed E-state index contributed by atoms with van der Waals surface area (Å²) in [5, 5.41) is 18.2. The quantitative estimate of drug-likeness (QED) is 0.611. The Morgan fingerprint density at radius 1 is 1.03 bits per heavy atom. The Hall–Kier alpha value is -3.18. The van der Waals surface area contributed by atoms with E-state index in [0.29, 0.717) is 6.42 Å². The molecule has 0 amide bonds. The number of aliphatic carboxylic acids is 1. The van der Waals surface area contributed by atoms with Crippen molar-refractivity contribution < 1.29 is 47.1 Å². The fourth-order valence-corrected chi connectivity index (χ4v) is 4.97. The van der Waals surface area contributed by atoms with Crippen molar-refractivity contribution in [2.45, 2.75) is 37.2 Å². The van der Waals surface area contributed by atoms with E-state index in [9.17, 15) is 18.3 Å². The second-order valence-corrected chi connectivity index (χ2v) is 8.23. The van der Waals surface area contributed by atoms with Crippen LogP contribution >= 0.6 is 0 Å². The highest BCUT2D eigenvalue weighted by atomic mass is 19.4. The molecule has 3 aliphatic heterocycles. The molecule has 0 radical (unpaired) electrons. The number of fused-ring (bicyclic) bond motifs is 8. The molecule has 2 aromatic rings. The molecule has 0 aromatic heterocycles. The molecule has 11 heteroatoms. The lowest BCUT2D eigenvalue weighted by atomic mass is 9.70. The van der Waals surface area contributed by atoms with E-state index in [1.165, 1.54) is 5.56 Å². The number of alkyl halides is 3. The number of aliphatic hydroxyl groups is 1. The van der Waals surface area contributed by atoms with E-state index >= 15 is 0 Å². The van der Waals surface area contributed by atoms with Crippen molar-refractivity contribution in [3.8, 4) is 23.0 Å². The number of hydrogen-bond acceptors (Lipinski definition) is 7. The van der Waals surface area contributed by atoms with Gasteiger partial charge in [0, 0.05) is 24.1 Å². The average Bonchev–Trinajstić information content (AvgIpc) is 3.40. The van der Waals surface area contributed by atoms with Gasteiger partial charge in [-0.1, -0.05) is 6.07 Å². The maximum absolute atomic E-state index is 11.0. The molecule has 176 valence electrons. The van der Waals surface area contributed by atoms with Gasteiger partial charge in [0.05, 0.1) is 6.10 Å². The fraction of sp³-hybridized carbons (Fsp3) is 0.409. The van der Waals surface area contributed by atoms with Crippen molar-refractivity contribution in [1.29, 1.82) is 0 Å². The molecule has 3 atom stereocenters. The lowest BCUT2D eigenvalue weighted by Crippen LogP contribution is -2.43. The zero-order chi connectivity index (χ0) is 23.5. The van der Waals surface area contributed by atoms with Crippen LogP contribution in [0.25, 0.3) is 0 Å². The zero-order valence-corrected chi connectivity index (χ0v) is 17.4. The van der Waals surface area contributed by atoms with Gasteiger partial charge in [-0.25, -0.2) is 4.79 Å². The predicted molar refractivity (Wildman–Crippen MR) is 105 cm³/mol. The number of carboxylic acid groups (broad SMARTS) is 1. The molecule has 2 aromatic carbocycles. The van der Waals surface area contributed by atoms with Crippen LogP contribution in [0.3, 0.4) is 0 Å². The van der Waals surface area contributed by atoms with Crippen molar-refractivity contribution in [2.24, 2.45) is 0 Å². The summed E-state index contributed by atoms with van der Waals surface area (Å²) in [6, 6.07) is 8.27. The van der Waals surface area contributed by atoms with Gasteiger partial charge in [-0.3, -0.25) is 4.90 Å². The van der Waals surface area contributed by atoms with E-state index in [2.05, 4.69) is 24.1 Å². The number of carboxylic acids is 1. The van der Waals surface area contributed by atoms with Gasteiger partial charge >= 0.3 is 12.1 Å². The highest BCUT2D eigenvalue weighted by Gasteiger charge is 2.45. The minimum atomic E-state index is -5.08. The molecular weight excluding hydrogens is 447 g/mol. The summed E-state index contributed by atoms with van der Waals surface area (Å²) in [5.74, 6) is 0.431. The molecule has 33 heavy (non-hydrogen) atoms. The number of hydrogen-bond donors (Lipinski definition) is 2. The largest absolute Gasteiger partial charge is 0.490 e. The highest BCUT2D eigenvalue weighted by molar-refractivity contribution is 5.73. The van der Waals surface area contributed by atoms with Crippen molar-refractivity contribution in [2.75, 3.05) is 20.6 Å². The Labute approximate surface area is 186 Å². The maximum Gasteiger partial charge on any atom is 0.490 e. The van der Waals surface area contributed by atoms with Crippen molar-refractivity contribution >= 4 is 5.97 Å². The van der Waals surface area contributed by atoms with Crippen molar-refractivity contribution in [3.63, 3.8) is 0 Å². The van der Waals surface area contributed by atoms with Crippen molar-refractivity contribution in [3.05, 3.63) is 46.5 Å². The molecule has 2 N–H and O–H groups in total. The van der Waals surface area contributed by atoms with Crippen molar-refractivity contribution in [1.82, 2.24) is 4.90 Å². The molecule has 0 unspecified atom stereocenters. The van der Waals surface area contributed by atoms with E-state index < -0.39 is 18.2 Å². The number of carbonyl (C=O) groups is 1. The minimum absolute atomic E-state index is 0.00822. The van der Waals surface area contributed by atoms with Crippen LogP contribution in [0.1, 0.15) is 34.2 Å². The first-order chi connectivity index (χ1) is 15.6. The number of likely N-dealkylation sites (N-methyl/N-ethyl adjacent to an activating group) is 1. The fourth-order valence-electron chi connectivity index (χ4n) is 4.97. The highest BCUT2D eigenvalue weighted by Crippen LogP contribution is 2.54. The first-order valence-electron chi connectivity index (χ1n) is 10.2. The SMILES string of the molecule is CN1Cc2c(ccc3c2OCO3)[C@@H]2[C@H]1c1cc3c(cc1C[C@@H]2O)OCO3.O=C(O)C(F)(F)F. The summed E-state index contributed by atoms with van der Waals surface area (Å²) in [4.78, 5) is 11.2. The lowest BCUT2D eigenvalue weighted by Gasteiger charge is -2.46. The lowest BCUT2D eigenvalue weighted by molar-refractivity contribution is -0.192. The van der Waals surface area contributed by atoms with Gasteiger partial charge in [0.2, 0.25) is 13.6 Å². The molecule has 0 fully saturated rings. The molecule has 0 saturated heterocycles. The molecule has 1 aliphatic carbocycles. The van der Waals surface area contributed by atoms with Crippen LogP contribution in [-0.4, -0.2) is 54.0 Å².